The van der Waals surface area contributed by atoms with Gasteiger partial charge in [-0.1, -0.05) is 0 Å². The van der Waals surface area contributed by atoms with Crippen LogP contribution in [0.3, 0.4) is 0 Å². The highest BCUT2D eigenvalue weighted by molar-refractivity contribution is 5.81. The number of carbonyl (C=O) groups is 1. The summed E-state index contributed by atoms with van der Waals surface area (Å²) in [6, 6.07) is -0.195. The number of aryl methyl sites for hydroxylation is 1. The van der Waals surface area contributed by atoms with Crippen molar-refractivity contribution in [1.29, 1.82) is 0 Å². The average Bonchev–Trinajstić information content (AvgIpc) is 2.43. The van der Waals surface area contributed by atoms with Crippen LogP contribution in [-0.2, 0) is 6.54 Å². The zero-order chi connectivity index (χ0) is 8.01. The van der Waals surface area contributed by atoms with Crippen molar-refractivity contribution in [2.45, 2.75) is 13.5 Å². The number of aromatic nitrogens is 2. The highest BCUT2D eigenvalue weighted by Crippen LogP contribution is 2.18. The van der Waals surface area contributed by atoms with Gasteiger partial charge in [-0.25, -0.2) is 4.79 Å². The maximum Gasteiger partial charge on any atom is 0.342 e. The summed E-state index contributed by atoms with van der Waals surface area (Å²) in [7, 11) is 0. The third kappa shape index (κ3) is 0.646. The second-order valence-corrected chi connectivity index (χ2v) is 2.52. The molecule has 0 saturated carbocycles. The highest BCUT2D eigenvalue weighted by atomic mass is 16.2. The first-order chi connectivity index (χ1) is 5.20. The van der Waals surface area contributed by atoms with Crippen molar-refractivity contribution >= 4 is 11.7 Å². The fraction of sp³-hybridized carbons (Fsp3) is 0.333. The van der Waals surface area contributed by atoms with Gasteiger partial charge in [-0.2, -0.15) is 9.78 Å². The predicted molar refractivity (Wildman–Crippen MR) is 39.0 cm³/mol. The summed E-state index contributed by atoms with van der Waals surface area (Å²) in [5.74, 6) is 0. The van der Waals surface area contributed by atoms with Gasteiger partial charge >= 0.3 is 6.03 Å². The smallest absolute Gasteiger partial charge is 0.342 e. The van der Waals surface area contributed by atoms with E-state index in [1.165, 1.54) is 4.68 Å². The van der Waals surface area contributed by atoms with Gasteiger partial charge in [0.2, 0.25) is 0 Å². The molecule has 2 heterocycles. The van der Waals surface area contributed by atoms with Gasteiger partial charge in [0.1, 0.15) is 0 Å². The van der Waals surface area contributed by atoms with Crippen molar-refractivity contribution in [2.75, 3.05) is 5.73 Å². The van der Waals surface area contributed by atoms with Crippen LogP contribution in [-0.4, -0.2) is 15.8 Å². The third-order valence-corrected chi connectivity index (χ3v) is 1.81. The number of carbonyl (C=O) groups excluding carboxylic acids is 1. The topological polar surface area (TPSA) is 72.9 Å². The number of amides is 1. The Morgan fingerprint density at radius 1 is 1.73 bits per heavy atom. The van der Waals surface area contributed by atoms with E-state index in [4.69, 9.17) is 5.73 Å². The Hall–Kier alpha value is -1.52. The highest BCUT2D eigenvalue weighted by Gasteiger charge is 2.23. The molecule has 0 atom stereocenters. The minimum absolute atomic E-state index is 0.195. The molecule has 11 heavy (non-hydrogen) atoms. The lowest BCUT2D eigenvalue weighted by Crippen LogP contribution is -2.18. The van der Waals surface area contributed by atoms with Gasteiger partial charge in [0, 0.05) is 0 Å². The molecule has 1 aliphatic rings. The van der Waals surface area contributed by atoms with Crippen molar-refractivity contribution in [1.82, 2.24) is 15.1 Å². The van der Waals surface area contributed by atoms with Crippen LogP contribution in [0.25, 0.3) is 0 Å². The summed E-state index contributed by atoms with van der Waals surface area (Å²) >= 11 is 0. The van der Waals surface area contributed by atoms with E-state index >= 15 is 0 Å². The summed E-state index contributed by atoms with van der Waals surface area (Å²) in [6.07, 6.45) is 0. The van der Waals surface area contributed by atoms with Crippen LogP contribution in [0.4, 0.5) is 10.5 Å². The number of fused-ring (bicyclic) bond motifs is 1. The Bertz CT molecular complexity index is 328. The normalized spacial score (nSPS) is 14.8. The maximum atomic E-state index is 11.0. The number of hydrogen-bond acceptors (Lipinski definition) is 3. The van der Waals surface area contributed by atoms with E-state index in [0.29, 0.717) is 12.2 Å². The van der Waals surface area contributed by atoms with E-state index < -0.39 is 0 Å². The summed E-state index contributed by atoms with van der Waals surface area (Å²) in [5.41, 5.74) is 7.74. The lowest BCUT2D eigenvalue weighted by Gasteiger charge is -1.90. The van der Waals surface area contributed by atoms with Crippen molar-refractivity contribution in [3.63, 3.8) is 0 Å². The Morgan fingerprint density at radius 2 is 2.45 bits per heavy atom. The molecule has 0 bridgehead atoms. The maximum absolute atomic E-state index is 11.0. The van der Waals surface area contributed by atoms with E-state index in [2.05, 4.69) is 10.4 Å². The van der Waals surface area contributed by atoms with Gasteiger partial charge in [-0.3, -0.25) is 0 Å². The van der Waals surface area contributed by atoms with Gasteiger partial charge in [0.05, 0.1) is 23.6 Å². The molecule has 1 aromatic heterocycles. The minimum atomic E-state index is -0.195. The number of rotatable bonds is 0. The van der Waals surface area contributed by atoms with Crippen LogP contribution in [0, 0.1) is 6.92 Å². The number of nitrogens with one attached hydrogen (secondary N) is 1. The van der Waals surface area contributed by atoms with E-state index in [0.717, 1.165) is 11.4 Å². The number of anilines is 1. The second-order valence-electron chi connectivity index (χ2n) is 2.52. The minimum Gasteiger partial charge on any atom is -0.396 e. The Labute approximate surface area is 63.2 Å². The van der Waals surface area contributed by atoms with Crippen molar-refractivity contribution in [3.8, 4) is 0 Å². The molecule has 1 amide bonds. The van der Waals surface area contributed by atoms with E-state index in [9.17, 15) is 4.79 Å². The fourth-order valence-electron chi connectivity index (χ4n) is 1.16. The molecule has 0 unspecified atom stereocenters. The fourth-order valence-corrected chi connectivity index (χ4v) is 1.16. The number of nitrogen functional groups attached to an aromatic ring is 1. The molecule has 0 saturated heterocycles. The molecule has 5 nitrogen and oxygen atoms in total. The Kier molecular flexibility index (Phi) is 0.986. The van der Waals surface area contributed by atoms with Crippen molar-refractivity contribution in [2.24, 2.45) is 0 Å². The van der Waals surface area contributed by atoms with E-state index in [-0.39, 0.29) is 6.03 Å². The first kappa shape index (κ1) is 6.21. The molecule has 2 rings (SSSR count). The summed E-state index contributed by atoms with van der Waals surface area (Å²) < 4.78 is 1.31. The SMILES string of the molecule is Cc1nn2c(c1N)CNC2=O. The van der Waals surface area contributed by atoms with Crippen LogP contribution in [0.1, 0.15) is 11.4 Å². The lowest BCUT2D eigenvalue weighted by atomic mass is 10.3. The second kappa shape index (κ2) is 1.75. The molecule has 58 valence electrons. The molecule has 3 N–H and O–H groups in total. The van der Waals surface area contributed by atoms with Gasteiger partial charge in [0.25, 0.3) is 0 Å². The predicted octanol–water partition coefficient (Wildman–Crippen LogP) is -0.155. The largest absolute Gasteiger partial charge is 0.396 e. The van der Waals surface area contributed by atoms with Crippen LogP contribution in [0.2, 0.25) is 0 Å². The zero-order valence-electron chi connectivity index (χ0n) is 6.09. The van der Waals surface area contributed by atoms with Crippen LogP contribution < -0.4 is 11.1 Å². The van der Waals surface area contributed by atoms with Crippen molar-refractivity contribution < 1.29 is 4.79 Å². The van der Waals surface area contributed by atoms with Gasteiger partial charge in [0.15, 0.2) is 0 Å². The third-order valence-electron chi connectivity index (χ3n) is 1.81. The Balaban J connectivity index is 2.66. The molecular weight excluding hydrogens is 144 g/mol. The zero-order valence-corrected chi connectivity index (χ0v) is 6.09. The quantitative estimate of drug-likeness (QED) is 0.542. The van der Waals surface area contributed by atoms with E-state index in [1.54, 1.807) is 6.92 Å². The van der Waals surface area contributed by atoms with E-state index in [1.807, 2.05) is 0 Å². The van der Waals surface area contributed by atoms with Gasteiger partial charge in [-0.15, -0.1) is 0 Å². The molecule has 0 aliphatic carbocycles. The van der Waals surface area contributed by atoms with Gasteiger partial charge in [-0.05, 0) is 6.92 Å². The summed E-state index contributed by atoms with van der Waals surface area (Å²) in [5, 5.41) is 6.57. The number of nitrogens with zero attached hydrogens (tertiary/aromatic N) is 2. The molecule has 0 spiro atoms. The monoisotopic (exact) mass is 152 g/mol. The first-order valence-electron chi connectivity index (χ1n) is 3.32. The molecule has 1 aliphatic heterocycles. The lowest BCUT2D eigenvalue weighted by molar-refractivity contribution is 0.244. The average molecular weight is 152 g/mol. The molecule has 5 heteroatoms. The number of nitrogens with two attached hydrogens (primary N) is 1. The summed E-state index contributed by atoms with van der Waals surface area (Å²) in [6.45, 7) is 2.28. The molecule has 0 fully saturated rings. The number of hydrogen-bond donors (Lipinski definition) is 2. The molecular formula is C6H8N4O. The molecule has 1 aromatic rings. The van der Waals surface area contributed by atoms with Crippen LogP contribution in [0.5, 0.6) is 0 Å². The molecule has 0 aromatic carbocycles. The van der Waals surface area contributed by atoms with Crippen LogP contribution in [0.15, 0.2) is 0 Å². The van der Waals surface area contributed by atoms with Gasteiger partial charge < -0.3 is 11.1 Å². The van der Waals surface area contributed by atoms with Crippen LogP contribution >= 0.6 is 0 Å². The standard InChI is InChI=1S/C6H8N4O/c1-3-5(7)4-2-8-6(11)10(4)9-3/h2,7H2,1H3,(H,8,11). The van der Waals surface area contributed by atoms with Crippen molar-refractivity contribution in [3.05, 3.63) is 11.4 Å². The Morgan fingerprint density at radius 3 is 3.09 bits per heavy atom. The first-order valence-corrected chi connectivity index (χ1v) is 3.32. The summed E-state index contributed by atoms with van der Waals surface area (Å²) in [4.78, 5) is 11.0. The molecule has 0 radical (unpaired) electrons.